The smallest absolute Gasteiger partial charge is 0.271 e. The molecule has 94 valence electrons. The van der Waals surface area contributed by atoms with Gasteiger partial charge in [-0.3, -0.25) is 10.1 Å². The van der Waals surface area contributed by atoms with E-state index in [9.17, 15) is 25.4 Å². The zero-order valence-corrected chi connectivity index (χ0v) is 9.04. The molecule has 0 heterocycles. The van der Waals surface area contributed by atoms with E-state index in [0.717, 1.165) is 6.07 Å². The van der Waals surface area contributed by atoms with E-state index in [-0.39, 0.29) is 16.9 Å². The number of anilines is 1. The molecule has 1 aromatic carbocycles. The van der Waals surface area contributed by atoms with Crippen LogP contribution < -0.4 is 5.73 Å². The molecule has 7 heteroatoms. The third-order valence-electron chi connectivity index (χ3n) is 2.73. The van der Waals surface area contributed by atoms with E-state index in [1.54, 1.807) is 0 Å². The normalized spacial score (nSPS) is 11.5. The summed E-state index contributed by atoms with van der Waals surface area (Å²) >= 11 is 0. The molecule has 0 unspecified atom stereocenters. The molecule has 7 nitrogen and oxygen atoms in total. The van der Waals surface area contributed by atoms with E-state index in [1.165, 1.54) is 12.1 Å². The predicted molar refractivity (Wildman–Crippen MR) is 60.4 cm³/mol. The second-order valence-corrected chi connectivity index (χ2v) is 3.78. The van der Waals surface area contributed by atoms with Crippen molar-refractivity contribution in [2.75, 3.05) is 25.6 Å². The Morgan fingerprint density at radius 3 is 2.12 bits per heavy atom. The number of aliphatic hydroxyl groups excluding tert-OH is 3. The van der Waals surface area contributed by atoms with Crippen LogP contribution in [-0.4, -0.2) is 40.1 Å². The monoisotopic (exact) mass is 242 g/mol. The van der Waals surface area contributed by atoms with Gasteiger partial charge in [-0.25, -0.2) is 0 Å². The van der Waals surface area contributed by atoms with Crippen molar-refractivity contribution in [2.45, 2.75) is 5.41 Å². The van der Waals surface area contributed by atoms with E-state index in [4.69, 9.17) is 5.73 Å². The number of nitrogen functional groups attached to an aromatic ring is 1. The van der Waals surface area contributed by atoms with E-state index < -0.39 is 30.2 Å². The Morgan fingerprint density at radius 1 is 1.24 bits per heavy atom. The number of nitrogens with two attached hydrogens (primary N) is 1. The Morgan fingerprint density at radius 2 is 1.76 bits per heavy atom. The van der Waals surface area contributed by atoms with Crippen LogP contribution in [0, 0.1) is 10.1 Å². The van der Waals surface area contributed by atoms with Gasteiger partial charge in [0.2, 0.25) is 0 Å². The van der Waals surface area contributed by atoms with Crippen molar-refractivity contribution >= 4 is 11.4 Å². The molecular weight excluding hydrogens is 228 g/mol. The van der Waals surface area contributed by atoms with Gasteiger partial charge >= 0.3 is 0 Å². The first kappa shape index (κ1) is 13.4. The lowest BCUT2D eigenvalue weighted by atomic mass is 9.81. The SMILES string of the molecule is Nc1cc([N+](=O)[O-])ccc1C(CO)(CO)CO. The second kappa shape index (κ2) is 5.09. The van der Waals surface area contributed by atoms with Crippen molar-refractivity contribution in [2.24, 2.45) is 0 Å². The number of nitrogens with zero attached hydrogens (tertiary/aromatic N) is 1. The van der Waals surface area contributed by atoms with Crippen LogP contribution in [0.15, 0.2) is 18.2 Å². The highest BCUT2D eigenvalue weighted by Gasteiger charge is 2.32. The summed E-state index contributed by atoms with van der Waals surface area (Å²) in [5.74, 6) is 0. The second-order valence-electron chi connectivity index (χ2n) is 3.78. The molecule has 0 spiro atoms. The fraction of sp³-hybridized carbons (Fsp3) is 0.400. The standard InChI is InChI=1S/C10H14N2O5/c11-9-3-7(12(16)17)1-2-8(9)10(4-13,5-14)6-15/h1-3,13-15H,4-6,11H2. The minimum absolute atomic E-state index is 0.0522. The fourth-order valence-electron chi connectivity index (χ4n) is 1.55. The molecule has 0 fully saturated rings. The Kier molecular flexibility index (Phi) is 4.00. The topological polar surface area (TPSA) is 130 Å². The highest BCUT2D eigenvalue weighted by Crippen LogP contribution is 2.30. The summed E-state index contributed by atoms with van der Waals surface area (Å²) in [5, 5.41) is 38.2. The summed E-state index contributed by atoms with van der Waals surface area (Å²) < 4.78 is 0. The molecule has 17 heavy (non-hydrogen) atoms. The predicted octanol–water partition coefficient (Wildman–Crippen LogP) is -0.608. The van der Waals surface area contributed by atoms with Gasteiger partial charge < -0.3 is 21.1 Å². The molecule has 0 radical (unpaired) electrons. The lowest BCUT2D eigenvalue weighted by Gasteiger charge is -2.28. The molecular formula is C10H14N2O5. The van der Waals surface area contributed by atoms with Crippen LogP contribution in [0.4, 0.5) is 11.4 Å². The van der Waals surface area contributed by atoms with Gasteiger partial charge in [0.05, 0.1) is 30.2 Å². The third kappa shape index (κ3) is 2.36. The van der Waals surface area contributed by atoms with Crippen molar-refractivity contribution in [3.05, 3.63) is 33.9 Å². The number of hydrogen-bond donors (Lipinski definition) is 4. The summed E-state index contributed by atoms with van der Waals surface area (Å²) in [4.78, 5) is 9.93. The van der Waals surface area contributed by atoms with Gasteiger partial charge in [0.1, 0.15) is 0 Å². The fourth-order valence-corrected chi connectivity index (χ4v) is 1.55. The van der Waals surface area contributed by atoms with Crippen LogP contribution in [0.5, 0.6) is 0 Å². The summed E-state index contributed by atoms with van der Waals surface area (Å²) in [5.41, 5.74) is 4.50. The van der Waals surface area contributed by atoms with Gasteiger partial charge in [0.15, 0.2) is 0 Å². The molecule has 0 saturated carbocycles. The molecule has 0 aliphatic carbocycles. The van der Waals surface area contributed by atoms with Gasteiger partial charge in [-0.2, -0.15) is 0 Å². The van der Waals surface area contributed by atoms with Crippen LogP contribution in [0.1, 0.15) is 5.56 Å². The lowest BCUT2D eigenvalue weighted by molar-refractivity contribution is -0.384. The molecule has 0 bridgehead atoms. The summed E-state index contributed by atoms with van der Waals surface area (Å²) in [7, 11) is 0. The first-order valence-corrected chi connectivity index (χ1v) is 4.87. The van der Waals surface area contributed by atoms with Crippen LogP contribution in [0.25, 0.3) is 0 Å². The molecule has 0 aromatic heterocycles. The van der Waals surface area contributed by atoms with Crippen LogP contribution in [0.2, 0.25) is 0 Å². The maximum atomic E-state index is 10.5. The summed E-state index contributed by atoms with van der Waals surface area (Å²) in [6, 6.07) is 3.67. The Balaban J connectivity index is 3.27. The zero-order chi connectivity index (χ0) is 13.1. The van der Waals surface area contributed by atoms with E-state index in [1.807, 2.05) is 0 Å². The van der Waals surface area contributed by atoms with E-state index >= 15 is 0 Å². The van der Waals surface area contributed by atoms with Gasteiger partial charge in [-0.1, -0.05) is 0 Å². The molecule has 0 saturated heterocycles. The minimum atomic E-state index is -1.29. The molecule has 1 aromatic rings. The number of aliphatic hydroxyl groups is 3. The quantitative estimate of drug-likeness (QED) is 0.309. The largest absolute Gasteiger partial charge is 0.398 e. The van der Waals surface area contributed by atoms with E-state index in [2.05, 4.69) is 0 Å². The number of nitro groups is 1. The number of rotatable bonds is 5. The molecule has 0 aliphatic heterocycles. The number of benzene rings is 1. The van der Waals surface area contributed by atoms with Gasteiger partial charge in [0.25, 0.3) is 5.69 Å². The maximum absolute atomic E-state index is 10.5. The average Bonchev–Trinajstić information content (AvgIpc) is 2.33. The molecule has 0 aliphatic rings. The zero-order valence-electron chi connectivity index (χ0n) is 9.04. The van der Waals surface area contributed by atoms with Crippen LogP contribution in [0.3, 0.4) is 0 Å². The third-order valence-corrected chi connectivity index (χ3v) is 2.73. The van der Waals surface area contributed by atoms with Gasteiger partial charge in [0, 0.05) is 17.8 Å². The number of hydrogen-bond acceptors (Lipinski definition) is 6. The van der Waals surface area contributed by atoms with Crippen molar-refractivity contribution < 1.29 is 20.2 Å². The van der Waals surface area contributed by atoms with Crippen LogP contribution >= 0.6 is 0 Å². The maximum Gasteiger partial charge on any atom is 0.271 e. The Hall–Kier alpha value is -1.70. The van der Waals surface area contributed by atoms with Crippen molar-refractivity contribution in [3.63, 3.8) is 0 Å². The van der Waals surface area contributed by atoms with Crippen molar-refractivity contribution in [3.8, 4) is 0 Å². The lowest BCUT2D eigenvalue weighted by Crippen LogP contribution is -2.39. The molecule has 1 rings (SSSR count). The van der Waals surface area contributed by atoms with Gasteiger partial charge in [-0.15, -0.1) is 0 Å². The molecule has 5 N–H and O–H groups in total. The first-order chi connectivity index (χ1) is 8.00. The Labute approximate surface area is 97.3 Å². The van der Waals surface area contributed by atoms with E-state index in [0.29, 0.717) is 0 Å². The highest BCUT2D eigenvalue weighted by molar-refractivity contribution is 5.57. The Bertz CT molecular complexity index is 409. The number of nitro benzene ring substituents is 1. The molecule has 0 amide bonds. The van der Waals surface area contributed by atoms with Crippen molar-refractivity contribution in [1.29, 1.82) is 0 Å². The average molecular weight is 242 g/mol. The minimum Gasteiger partial charge on any atom is -0.398 e. The summed E-state index contributed by atoms with van der Waals surface area (Å²) in [6.07, 6.45) is 0. The summed E-state index contributed by atoms with van der Waals surface area (Å²) in [6.45, 7) is -1.54. The van der Waals surface area contributed by atoms with Crippen molar-refractivity contribution in [1.82, 2.24) is 0 Å². The van der Waals surface area contributed by atoms with Gasteiger partial charge in [-0.05, 0) is 11.6 Å². The number of non-ortho nitro benzene ring substituents is 1. The molecule has 0 atom stereocenters. The van der Waals surface area contributed by atoms with Crippen LogP contribution in [-0.2, 0) is 5.41 Å². The first-order valence-electron chi connectivity index (χ1n) is 4.87. The highest BCUT2D eigenvalue weighted by atomic mass is 16.6.